The van der Waals surface area contributed by atoms with Gasteiger partial charge in [-0.25, -0.2) is 9.37 Å². The van der Waals surface area contributed by atoms with Gasteiger partial charge in [-0.05, 0) is 40.2 Å². The smallest absolute Gasteiger partial charge is 0.256 e. The van der Waals surface area contributed by atoms with Gasteiger partial charge in [-0.2, -0.15) is 0 Å². The maximum Gasteiger partial charge on any atom is 0.256 e. The molecule has 0 saturated carbocycles. The van der Waals surface area contributed by atoms with Crippen molar-refractivity contribution in [3.8, 4) is 11.6 Å². The number of hydrogen-bond acceptors (Lipinski definition) is 2. The molecule has 1 heterocycles. The quantitative estimate of drug-likeness (QED) is 0.660. The Bertz CT molecular complexity index is 580. The number of hydrogen-bond donors (Lipinski definition) is 0. The molecule has 2 aromatic rings. The second-order valence-corrected chi connectivity index (χ2v) is 5.44. The molecule has 6 heteroatoms. The lowest BCUT2D eigenvalue weighted by Gasteiger charge is -2.09. The van der Waals surface area contributed by atoms with Crippen molar-refractivity contribution in [1.29, 1.82) is 0 Å². The number of aromatic nitrogens is 1. The zero-order chi connectivity index (χ0) is 13.1. The van der Waals surface area contributed by atoms with Gasteiger partial charge in [0, 0.05) is 16.2 Å². The monoisotopic (exact) mass is 393 g/mol. The van der Waals surface area contributed by atoms with E-state index >= 15 is 0 Å². The van der Waals surface area contributed by atoms with Crippen molar-refractivity contribution in [2.24, 2.45) is 0 Å². The molecule has 0 fully saturated rings. The molecule has 2 rings (SSSR count). The van der Waals surface area contributed by atoms with Gasteiger partial charge in [0.2, 0.25) is 0 Å². The number of halogens is 4. The van der Waals surface area contributed by atoms with E-state index in [4.69, 9.17) is 16.3 Å². The highest BCUT2D eigenvalue weighted by atomic mass is 79.9. The summed E-state index contributed by atoms with van der Waals surface area (Å²) in [4.78, 5) is 3.86. The summed E-state index contributed by atoms with van der Waals surface area (Å²) in [6.07, 6.45) is 1.46. The standard InChI is InChI=1S/C12H7Br2ClFNO/c13-8-1-2-10(9(14)5-8)18-12-11(16)7(6-15)3-4-17-12/h1-5H,6H2. The van der Waals surface area contributed by atoms with Crippen molar-refractivity contribution < 1.29 is 9.13 Å². The number of nitrogens with zero attached hydrogens (tertiary/aromatic N) is 1. The zero-order valence-corrected chi connectivity index (χ0v) is 12.9. The van der Waals surface area contributed by atoms with Gasteiger partial charge in [-0.3, -0.25) is 0 Å². The maximum absolute atomic E-state index is 13.9. The van der Waals surface area contributed by atoms with Crippen LogP contribution in [0, 0.1) is 5.82 Å². The first-order valence-corrected chi connectivity index (χ1v) is 7.06. The van der Waals surface area contributed by atoms with Crippen LogP contribution < -0.4 is 4.74 Å². The maximum atomic E-state index is 13.9. The predicted molar refractivity (Wildman–Crippen MR) is 75.7 cm³/mol. The van der Waals surface area contributed by atoms with Crippen LogP contribution in [0.5, 0.6) is 11.6 Å². The van der Waals surface area contributed by atoms with Gasteiger partial charge in [-0.15, -0.1) is 11.6 Å². The normalized spacial score (nSPS) is 10.4. The Balaban J connectivity index is 2.34. The van der Waals surface area contributed by atoms with Gasteiger partial charge in [0.1, 0.15) is 5.75 Å². The van der Waals surface area contributed by atoms with Crippen LogP contribution in [-0.4, -0.2) is 4.98 Å². The molecular formula is C12H7Br2ClFNO. The third-order valence-corrected chi connectivity index (χ3v) is 3.58. The molecular weight excluding hydrogens is 388 g/mol. The van der Waals surface area contributed by atoms with E-state index in [-0.39, 0.29) is 11.8 Å². The summed E-state index contributed by atoms with van der Waals surface area (Å²) in [6.45, 7) is 0. The van der Waals surface area contributed by atoms with Crippen molar-refractivity contribution in [2.45, 2.75) is 5.88 Å². The van der Waals surface area contributed by atoms with Crippen LogP contribution in [0.4, 0.5) is 4.39 Å². The molecule has 0 aliphatic heterocycles. The Kier molecular flexibility index (Phi) is 4.59. The summed E-state index contributed by atoms with van der Waals surface area (Å²) in [5.41, 5.74) is 0.356. The number of ether oxygens (including phenoxy) is 1. The first-order valence-electron chi connectivity index (χ1n) is 4.94. The van der Waals surface area contributed by atoms with Crippen LogP contribution in [0.3, 0.4) is 0 Å². The predicted octanol–water partition coefficient (Wildman–Crippen LogP) is 5.28. The molecule has 0 unspecified atom stereocenters. The van der Waals surface area contributed by atoms with Gasteiger partial charge < -0.3 is 4.74 Å². The summed E-state index contributed by atoms with van der Waals surface area (Å²) in [5.74, 6) is -0.0681. The molecule has 1 aromatic carbocycles. The molecule has 1 aromatic heterocycles. The number of pyridine rings is 1. The Morgan fingerprint density at radius 1 is 1.28 bits per heavy atom. The Morgan fingerprint density at radius 3 is 2.72 bits per heavy atom. The fourth-order valence-corrected chi connectivity index (χ4v) is 2.63. The van der Waals surface area contributed by atoms with E-state index in [0.29, 0.717) is 15.8 Å². The molecule has 0 bridgehead atoms. The SMILES string of the molecule is Fc1c(CCl)ccnc1Oc1ccc(Br)cc1Br. The van der Waals surface area contributed by atoms with E-state index in [1.165, 1.54) is 12.3 Å². The summed E-state index contributed by atoms with van der Waals surface area (Å²) >= 11 is 12.3. The van der Waals surface area contributed by atoms with Crippen LogP contribution in [0.25, 0.3) is 0 Å². The van der Waals surface area contributed by atoms with Crippen molar-refractivity contribution >= 4 is 43.5 Å². The van der Waals surface area contributed by atoms with Crippen LogP contribution in [0.15, 0.2) is 39.4 Å². The summed E-state index contributed by atoms with van der Waals surface area (Å²) < 4.78 is 20.9. The van der Waals surface area contributed by atoms with Crippen LogP contribution in [0.1, 0.15) is 5.56 Å². The van der Waals surface area contributed by atoms with Crippen LogP contribution in [0.2, 0.25) is 0 Å². The molecule has 0 N–H and O–H groups in total. The number of rotatable bonds is 3. The molecule has 0 atom stereocenters. The third-order valence-electron chi connectivity index (χ3n) is 2.18. The lowest BCUT2D eigenvalue weighted by Crippen LogP contribution is -1.96. The van der Waals surface area contributed by atoms with Gasteiger partial charge in [0.15, 0.2) is 5.82 Å². The second-order valence-electron chi connectivity index (χ2n) is 3.40. The largest absolute Gasteiger partial charge is 0.435 e. The van der Waals surface area contributed by atoms with Crippen molar-refractivity contribution in [2.75, 3.05) is 0 Å². The highest BCUT2D eigenvalue weighted by Gasteiger charge is 2.12. The van der Waals surface area contributed by atoms with E-state index in [2.05, 4.69) is 36.8 Å². The van der Waals surface area contributed by atoms with E-state index < -0.39 is 5.82 Å². The summed E-state index contributed by atoms with van der Waals surface area (Å²) in [6, 6.07) is 6.83. The van der Waals surface area contributed by atoms with Crippen molar-refractivity contribution in [3.63, 3.8) is 0 Å². The third kappa shape index (κ3) is 3.02. The van der Waals surface area contributed by atoms with Gasteiger partial charge >= 0.3 is 0 Å². The molecule has 0 saturated heterocycles. The van der Waals surface area contributed by atoms with Crippen molar-refractivity contribution in [3.05, 3.63) is 50.8 Å². The molecule has 0 aliphatic rings. The topological polar surface area (TPSA) is 22.1 Å². The van der Waals surface area contributed by atoms with E-state index in [9.17, 15) is 4.39 Å². The first kappa shape index (κ1) is 13.8. The lowest BCUT2D eigenvalue weighted by molar-refractivity contribution is 0.418. The first-order chi connectivity index (χ1) is 8.61. The summed E-state index contributed by atoms with van der Waals surface area (Å²) in [7, 11) is 0. The Morgan fingerprint density at radius 2 is 2.06 bits per heavy atom. The fraction of sp³-hybridized carbons (Fsp3) is 0.0833. The van der Waals surface area contributed by atoms with Crippen LogP contribution in [-0.2, 0) is 5.88 Å². The minimum Gasteiger partial charge on any atom is -0.435 e. The van der Waals surface area contributed by atoms with Crippen LogP contribution >= 0.6 is 43.5 Å². The molecule has 0 spiro atoms. The second kappa shape index (κ2) is 5.99. The fourth-order valence-electron chi connectivity index (χ4n) is 1.30. The van der Waals surface area contributed by atoms with Crippen molar-refractivity contribution in [1.82, 2.24) is 4.98 Å². The molecule has 2 nitrogen and oxygen atoms in total. The average Bonchev–Trinajstić information content (AvgIpc) is 2.35. The van der Waals surface area contributed by atoms with E-state index in [0.717, 1.165) is 4.47 Å². The Labute approximate surface area is 125 Å². The number of alkyl halides is 1. The van der Waals surface area contributed by atoms with Gasteiger partial charge in [0.25, 0.3) is 5.88 Å². The van der Waals surface area contributed by atoms with Gasteiger partial charge in [-0.1, -0.05) is 15.9 Å². The lowest BCUT2D eigenvalue weighted by atomic mass is 10.3. The van der Waals surface area contributed by atoms with E-state index in [1.807, 2.05) is 0 Å². The highest BCUT2D eigenvalue weighted by molar-refractivity contribution is 9.11. The average molecular weight is 395 g/mol. The molecule has 0 aliphatic carbocycles. The van der Waals surface area contributed by atoms with E-state index in [1.54, 1.807) is 18.2 Å². The molecule has 0 amide bonds. The molecule has 94 valence electrons. The minimum absolute atomic E-state index is 0.0756. The highest BCUT2D eigenvalue weighted by Crippen LogP contribution is 2.32. The molecule has 0 radical (unpaired) electrons. The zero-order valence-electron chi connectivity index (χ0n) is 8.96. The number of benzene rings is 1. The minimum atomic E-state index is -0.540. The Hall–Kier alpha value is -0.650. The van der Waals surface area contributed by atoms with Gasteiger partial charge in [0.05, 0.1) is 10.4 Å². The molecule has 18 heavy (non-hydrogen) atoms. The summed E-state index contributed by atoms with van der Waals surface area (Å²) in [5, 5.41) is 0.